The maximum absolute atomic E-state index is 10.7. The summed E-state index contributed by atoms with van der Waals surface area (Å²) < 4.78 is 19.1. The molecule has 1 unspecified atom stereocenters. The second-order valence-electron chi connectivity index (χ2n) is 3.08. The van der Waals surface area contributed by atoms with Crippen LogP contribution >= 0.6 is 0 Å². The van der Waals surface area contributed by atoms with Gasteiger partial charge in [-0.2, -0.15) is 0 Å². The minimum Gasteiger partial charge on any atom is -0.293 e. The lowest BCUT2D eigenvalue weighted by molar-refractivity contribution is -0.107. The van der Waals surface area contributed by atoms with Crippen LogP contribution in [-0.2, 0) is 16.1 Å². The van der Waals surface area contributed by atoms with Gasteiger partial charge in [0.1, 0.15) is 0 Å². The lowest BCUT2D eigenvalue weighted by Gasteiger charge is -2.16. The van der Waals surface area contributed by atoms with E-state index in [1.165, 1.54) is 0 Å². The second-order valence-corrected chi connectivity index (χ2v) is 3.77. The molecule has 0 bridgehead atoms. The van der Waals surface area contributed by atoms with Crippen molar-refractivity contribution in [2.45, 2.75) is 13.8 Å². The van der Waals surface area contributed by atoms with Crippen LogP contribution in [0.1, 0.15) is 11.1 Å². The van der Waals surface area contributed by atoms with Crippen LogP contribution in [0, 0.1) is 13.8 Å². The average molecular weight is 228 g/mol. The Labute approximate surface area is 90.5 Å². The quantitative estimate of drug-likeness (QED) is 0.457. The molecule has 1 amide bonds. The molecule has 0 aliphatic heterocycles. The van der Waals surface area contributed by atoms with Crippen molar-refractivity contribution in [1.29, 1.82) is 0 Å². The first-order valence-electron chi connectivity index (χ1n) is 4.23. The van der Waals surface area contributed by atoms with Gasteiger partial charge >= 0.3 is 0 Å². The summed E-state index contributed by atoms with van der Waals surface area (Å²) in [7, 11) is 0. The highest BCUT2D eigenvalue weighted by atomic mass is 32.2. The van der Waals surface area contributed by atoms with Gasteiger partial charge in [-0.3, -0.25) is 9.35 Å². The molecule has 0 saturated heterocycles. The van der Waals surface area contributed by atoms with Crippen LogP contribution in [0.4, 0.5) is 5.69 Å². The molecule has 82 valence electrons. The molecule has 0 fully saturated rings. The summed E-state index contributed by atoms with van der Waals surface area (Å²) in [5.74, 6) is 0. The summed E-state index contributed by atoms with van der Waals surface area (Å²) in [5.41, 5.74) is 2.62. The maximum atomic E-state index is 10.7. The van der Waals surface area contributed by atoms with Gasteiger partial charge < -0.3 is 0 Å². The SMILES string of the molecule is Cc1ccc(N(C=O)NS(=O)O)cc1C. The van der Waals surface area contributed by atoms with Gasteiger partial charge in [0.2, 0.25) is 6.41 Å². The lowest BCUT2D eigenvalue weighted by atomic mass is 10.1. The summed E-state index contributed by atoms with van der Waals surface area (Å²) in [6.07, 6.45) is 0.443. The third-order valence-electron chi connectivity index (χ3n) is 2.05. The van der Waals surface area contributed by atoms with Gasteiger partial charge in [-0.1, -0.05) is 6.07 Å². The molecular formula is C9H12N2O3S. The molecule has 0 aliphatic carbocycles. The number of nitrogens with one attached hydrogen (secondary N) is 1. The highest BCUT2D eigenvalue weighted by molar-refractivity contribution is 7.77. The zero-order chi connectivity index (χ0) is 11.4. The predicted octanol–water partition coefficient (Wildman–Crippen LogP) is 0.908. The van der Waals surface area contributed by atoms with Crippen molar-refractivity contribution in [2.24, 2.45) is 0 Å². The van der Waals surface area contributed by atoms with Gasteiger partial charge in [0, 0.05) is 0 Å². The Morgan fingerprint density at radius 1 is 1.40 bits per heavy atom. The van der Waals surface area contributed by atoms with Crippen LogP contribution in [0.5, 0.6) is 0 Å². The largest absolute Gasteiger partial charge is 0.293 e. The Balaban J connectivity index is 2.97. The lowest BCUT2D eigenvalue weighted by Crippen LogP contribution is -2.37. The molecule has 0 aliphatic rings. The van der Waals surface area contributed by atoms with E-state index >= 15 is 0 Å². The highest BCUT2D eigenvalue weighted by Gasteiger charge is 2.07. The zero-order valence-electron chi connectivity index (χ0n) is 8.43. The van der Waals surface area contributed by atoms with Gasteiger partial charge in [-0.15, -0.1) is 4.83 Å². The van der Waals surface area contributed by atoms with E-state index in [-0.39, 0.29) is 0 Å². The van der Waals surface area contributed by atoms with E-state index < -0.39 is 11.3 Å². The van der Waals surface area contributed by atoms with Crippen LogP contribution in [0.15, 0.2) is 18.2 Å². The Morgan fingerprint density at radius 3 is 2.53 bits per heavy atom. The normalized spacial score (nSPS) is 12.2. The van der Waals surface area contributed by atoms with Crippen molar-refractivity contribution in [2.75, 3.05) is 5.01 Å². The molecule has 1 atom stereocenters. The molecule has 1 rings (SSSR count). The monoisotopic (exact) mass is 228 g/mol. The van der Waals surface area contributed by atoms with E-state index in [4.69, 9.17) is 4.55 Å². The number of hydrazine groups is 1. The molecule has 5 nitrogen and oxygen atoms in total. The first-order valence-corrected chi connectivity index (χ1v) is 5.34. The fourth-order valence-electron chi connectivity index (χ4n) is 1.09. The van der Waals surface area contributed by atoms with Crippen molar-refractivity contribution in [3.63, 3.8) is 0 Å². The van der Waals surface area contributed by atoms with E-state index in [0.29, 0.717) is 12.1 Å². The van der Waals surface area contributed by atoms with Gasteiger partial charge in [-0.05, 0) is 37.1 Å². The van der Waals surface area contributed by atoms with Crippen molar-refractivity contribution in [3.8, 4) is 0 Å². The number of amides is 1. The van der Waals surface area contributed by atoms with Gasteiger partial charge in [-0.25, -0.2) is 9.22 Å². The van der Waals surface area contributed by atoms with Gasteiger partial charge in [0.05, 0.1) is 5.69 Å². The summed E-state index contributed by atoms with van der Waals surface area (Å²) in [6.45, 7) is 3.85. The van der Waals surface area contributed by atoms with Crippen molar-refractivity contribution >= 4 is 23.4 Å². The van der Waals surface area contributed by atoms with E-state index in [9.17, 15) is 9.00 Å². The Hall–Kier alpha value is -1.24. The number of benzene rings is 1. The first-order chi connectivity index (χ1) is 7.04. The number of anilines is 1. The molecule has 0 spiro atoms. The van der Waals surface area contributed by atoms with Crippen LogP contribution in [0.2, 0.25) is 0 Å². The summed E-state index contributed by atoms with van der Waals surface area (Å²) in [6, 6.07) is 5.28. The second kappa shape index (κ2) is 5.01. The minimum absolute atomic E-state index is 0.443. The van der Waals surface area contributed by atoms with Crippen LogP contribution in [-0.4, -0.2) is 15.2 Å². The number of hydrogen-bond acceptors (Lipinski definition) is 2. The third kappa shape index (κ3) is 3.12. The molecule has 15 heavy (non-hydrogen) atoms. The first kappa shape index (κ1) is 11.8. The zero-order valence-corrected chi connectivity index (χ0v) is 9.25. The van der Waals surface area contributed by atoms with Crippen LogP contribution in [0.3, 0.4) is 0 Å². The fourth-order valence-corrected chi connectivity index (χ4v) is 1.41. The molecule has 0 heterocycles. The number of hydrogen-bond donors (Lipinski definition) is 2. The van der Waals surface area contributed by atoms with Crippen molar-refractivity contribution in [1.82, 2.24) is 4.83 Å². The highest BCUT2D eigenvalue weighted by Crippen LogP contribution is 2.16. The molecule has 6 heteroatoms. The number of rotatable bonds is 4. The molecular weight excluding hydrogens is 216 g/mol. The molecule has 1 aromatic carbocycles. The molecule has 0 saturated carbocycles. The number of carbonyl (C=O) groups excluding carboxylic acids is 1. The number of aryl methyl sites for hydroxylation is 2. The van der Waals surface area contributed by atoms with E-state index in [1.54, 1.807) is 12.1 Å². The summed E-state index contributed by atoms with van der Waals surface area (Å²) in [4.78, 5) is 12.7. The molecule has 0 aromatic heterocycles. The predicted molar refractivity (Wildman–Crippen MR) is 58.4 cm³/mol. The Morgan fingerprint density at radius 2 is 2.07 bits per heavy atom. The Bertz CT molecular complexity index is 395. The van der Waals surface area contributed by atoms with Gasteiger partial charge in [0.15, 0.2) is 0 Å². The van der Waals surface area contributed by atoms with Crippen molar-refractivity contribution in [3.05, 3.63) is 29.3 Å². The number of nitrogens with zero attached hydrogens (tertiary/aromatic N) is 1. The van der Waals surface area contributed by atoms with E-state index in [2.05, 4.69) is 4.83 Å². The van der Waals surface area contributed by atoms with E-state index in [0.717, 1.165) is 16.1 Å². The number of carbonyl (C=O) groups is 1. The molecule has 1 aromatic rings. The minimum atomic E-state index is -2.26. The molecule has 2 N–H and O–H groups in total. The van der Waals surface area contributed by atoms with E-state index in [1.807, 2.05) is 19.9 Å². The van der Waals surface area contributed by atoms with Crippen molar-refractivity contribution < 1.29 is 13.6 Å². The topological polar surface area (TPSA) is 69.6 Å². The summed E-state index contributed by atoms with van der Waals surface area (Å²) >= 11 is -2.26. The fraction of sp³-hybridized carbons (Fsp3) is 0.222. The smallest absolute Gasteiger partial charge is 0.251 e. The third-order valence-corrected chi connectivity index (χ3v) is 2.40. The average Bonchev–Trinajstić information content (AvgIpc) is 2.18. The maximum Gasteiger partial charge on any atom is 0.251 e. The standard InChI is InChI=1S/C9H12N2O3S/c1-7-3-4-9(5-8(7)2)11(6-12)10-15(13)14/h3-6,10H,1-2H3,(H,13,14). The van der Waals surface area contributed by atoms with Crippen LogP contribution < -0.4 is 9.84 Å². The summed E-state index contributed by atoms with van der Waals surface area (Å²) in [5, 5.41) is 0.961. The molecule has 0 radical (unpaired) electrons. The van der Waals surface area contributed by atoms with Gasteiger partial charge in [0.25, 0.3) is 11.3 Å². The van der Waals surface area contributed by atoms with Crippen LogP contribution in [0.25, 0.3) is 0 Å². The Kier molecular flexibility index (Phi) is 3.96.